The highest BCUT2D eigenvalue weighted by molar-refractivity contribution is 5.95. The van der Waals surface area contributed by atoms with Crippen LogP contribution in [0.15, 0.2) is 48.5 Å². The van der Waals surface area contributed by atoms with Gasteiger partial charge in [-0.15, -0.1) is 0 Å². The molecule has 0 aliphatic carbocycles. The molecule has 1 aliphatic heterocycles. The van der Waals surface area contributed by atoms with Gasteiger partial charge in [0.15, 0.2) is 0 Å². The first-order valence-corrected chi connectivity index (χ1v) is 8.69. The van der Waals surface area contributed by atoms with Crippen molar-refractivity contribution >= 4 is 5.91 Å². The molecular weight excluding hydrogens is 282 g/mol. The van der Waals surface area contributed by atoms with Gasteiger partial charge in [0.05, 0.1) is 0 Å². The van der Waals surface area contributed by atoms with Gasteiger partial charge in [-0.05, 0) is 54.0 Å². The highest BCUT2D eigenvalue weighted by Crippen LogP contribution is 2.31. The van der Waals surface area contributed by atoms with E-state index in [2.05, 4.69) is 50.2 Å². The van der Waals surface area contributed by atoms with E-state index in [1.54, 1.807) is 0 Å². The van der Waals surface area contributed by atoms with Crippen LogP contribution in [0, 0.1) is 0 Å². The summed E-state index contributed by atoms with van der Waals surface area (Å²) < 4.78 is 0. The van der Waals surface area contributed by atoms with Gasteiger partial charge in [0, 0.05) is 18.7 Å². The minimum Gasteiger partial charge on any atom is -0.339 e. The second-order valence-electron chi connectivity index (χ2n) is 6.48. The maximum atomic E-state index is 12.6. The van der Waals surface area contributed by atoms with Crippen LogP contribution in [-0.2, 0) is 0 Å². The number of nitrogens with zero attached hydrogens (tertiary/aromatic N) is 1. The largest absolute Gasteiger partial charge is 0.339 e. The molecule has 2 aromatic carbocycles. The number of benzene rings is 2. The summed E-state index contributed by atoms with van der Waals surface area (Å²) >= 11 is 0. The molecule has 0 spiro atoms. The molecule has 1 heterocycles. The van der Waals surface area contributed by atoms with Gasteiger partial charge in [0.2, 0.25) is 0 Å². The summed E-state index contributed by atoms with van der Waals surface area (Å²) in [7, 11) is 0. The van der Waals surface area contributed by atoms with Crippen LogP contribution in [0.2, 0.25) is 0 Å². The van der Waals surface area contributed by atoms with E-state index in [4.69, 9.17) is 0 Å². The second-order valence-corrected chi connectivity index (χ2v) is 6.48. The number of carbonyl (C=O) groups excluding carboxylic acids is 1. The topological polar surface area (TPSA) is 20.3 Å². The fraction of sp³-hybridized carbons (Fsp3) is 0.381. The van der Waals surface area contributed by atoms with Gasteiger partial charge in [-0.3, -0.25) is 4.79 Å². The Labute approximate surface area is 139 Å². The predicted molar refractivity (Wildman–Crippen MR) is 95.7 cm³/mol. The van der Waals surface area contributed by atoms with Crippen LogP contribution in [0.5, 0.6) is 0 Å². The number of hydrogen-bond acceptors (Lipinski definition) is 1. The third kappa shape index (κ3) is 3.31. The molecule has 2 aromatic rings. The Bertz CT molecular complexity index is 686. The highest BCUT2D eigenvalue weighted by atomic mass is 16.2. The van der Waals surface area contributed by atoms with E-state index in [1.807, 2.05) is 17.0 Å². The minimum atomic E-state index is 0.172. The smallest absolute Gasteiger partial charge is 0.253 e. The molecule has 0 radical (unpaired) electrons. The molecule has 1 unspecified atom stereocenters. The summed E-state index contributed by atoms with van der Waals surface area (Å²) in [6, 6.07) is 16.7. The lowest BCUT2D eigenvalue weighted by Crippen LogP contribution is -2.27. The Morgan fingerprint density at radius 2 is 1.83 bits per heavy atom. The van der Waals surface area contributed by atoms with Gasteiger partial charge in [0.1, 0.15) is 0 Å². The van der Waals surface area contributed by atoms with Crippen LogP contribution in [0.3, 0.4) is 0 Å². The van der Waals surface area contributed by atoms with Crippen LogP contribution in [-0.4, -0.2) is 23.9 Å². The third-order valence-electron chi connectivity index (χ3n) is 4.92. The molecule has 120 valence electrons. The molecule has 0 saturated carbocycles. The number of carbonyl (C=O) groups is 1. The maximum Gasteiger partial charge on any atom is 0.253 e. The molecule has 1 fully saturated rings. The van der Waals surface area contributed by atoms with Crippen molar-refractivity contribution in [2.45, 2.75) is 39.0 Å². The average Bonchev–Trinajstić information content (AvgIpc) is 3.15. The Hall–Kier alpha value is -2.09. The molecule has 1 saturated heterocycles. The summed E-state index contributed by atoms with van der Waals surface area (Å²) in [5, 5.41) is 0. The van der Waals surface area contributed by atoms with Crippen LogP contribution in [0.1, 0.15) is 54.9 Å². The van der Waals surface area contributed by atoms with Crippen molar-refractivity contribution < 1.29 is 4.79 Å². The van der Waals surface area contributed by atoms with Crippen molar-refractivity contribution in [1.82, 2.24) is 4.90 Å². The van der Waals surface area contributed by atoms with E-state index in [1.165, 1.54) is 11.1 Å². The van der Waals surface area contributed by atoms with Gasteiger partial charge >= 0.3 is 0 Å². The number of likely N-dealkylation sites (tertiary alicyclic amines) is 1. The zero-order valence-electron chi connectivity index (χ0n) is 14.1. The average molecular weight is 307 g/mol. The van der Waals surface area contributed by atoms with E-state index in [0.29, 0.717) is 5.92 Å². The van der Waals surface area contributed by atoms with Crippen LogP contribution < -0.4 is 0 Å². The first-order chi connectivity index (χ1) is 11.2. The van der Waals surface area contributed by atoms with Gasteiger partial charge in [-0.2, -0.15) is 0 Å². The molecule has 3 rings (SSSR count). The van der Waals surface area contributed by atoms with Gasteiger partial charge in [-0.25, -0.2) is 0 Å². The maximum absolute atomic E-state index is 12.6. The molecule has 1 amide bonds. The van der Waals surface area contributed by atoms with E-state index in [0.717, 1.165) is 43.5 Å². The summed E-state index contributed by atoms with van der Waals surface area (Å²) in [5.74, 6) is 0.689. The Morgan fingerprint density at radius 1 is 1.09 bits per heavy atom. The zero-order chi connectivity index (χ0) is 16.2. The van der Waals surface area contributed by atoms with Crippen LogP contribution in [0.4, 0.5) is 0 Å². The molecular formula is C21H25NO. The third-order valence-corrected chi connectivity index (χ3v) is 4.92. The van der Waals surface area contributed by atoms with E-state index in [9.17, 15) is 4.79 Å². The summed E-state index contributed by atoms with van der Waals surface area (Å²) in [6.07, 6.45) is 3.37. The van der Waals surface area contributed by atoms with Crippen molar-refractivity contribution in [3.8, 4) is 11.1 Å². The van der Waals surface area contributed by atoms with E-state index >= 15 is 0 Å². The van der Waals surface area contributed by atoms with Gasteiger partial charge < -0.3 is 4.90 Å². The second kappa shape index (κ2) is 6.99. The molecule has 0 aromatic heterocycles. The Morgan fingerprint density at radius 3 is 2.57 bits per heavy atom. The lowest BCUT2D eigenvalue weighted by molar-refractivity contribution is 0.0793. The summed E-state index contributed by atoms with van der Waals surface area (Å²) in [5.41, 5.74) is 4.56. The van der Waals surface area contributed by atoms with Crippen LogP contribution in [0.25, 0.3) is 11.1 Å². The van der Waals surface area contributed by atoms with E-state index < -0.39 is 0 Å². The Balaban J connectivity index is 1.95. The number of rotatable bonds is 4. The molecule has 0 N–H and O–H groups in total. The fourth-order valence-electron chi connectivity index (χ4n) is 3.33. The number of amides is 1. The van der Waals surface area contributed by atoms with Crippen molar-refractivity contribution in [3.63, 3.8) is 0 Å². The van der Waals surface area contributed by atoms with Crippen molar-refractivity contribution in [2.24, 2.45) is 0 Å². The fourth-order valence-corrected chi connectivity index (χ4v) is 3.33. The number of hydrogen-bond donors (Lipinski definition) is 0. The lowest BCUT2D eigenvalue weighted by Gasteiger charge is -2.18. The minimum absolute atomic E-state index is 0.172. The zero-order valence-corrected chi connectivity index (χ0v) is 14.1. The SMILES string of the molecule is CCC(C)c1ccccc1-c1cccc(C(=O)N2CCCC2)c1. The van der Waals surface area contributed by atoms with Crippen LogP contribution >= 0.6 is 0 Å². The molecule has 1 aliphatic rings. The molecule has 0 bridgehead atoms. The summed E-state index contributed by atoms with van der Waals surface area (Å²) in [4.78, 5) is 14.6. The normalized spacial score (nSPS) is 15.7. The highest BCUT2D eigenvalue weighted by Gasteiger charge is 2.20. The quantitative estimate of drug-likeness (QED) is 0.769. The summed E-state index contributed by atoms with van der Waals surface area (Å²) in [6.45, 7) is 6.27. The van der Waals surface area contributed by atoms with Crippen molar-refractivity contribution in [2.75, 3.05) is 13.1 Å². The molecule has 23 heavy (non-hydrogen) atoms. The molecule has 1 atom stereocenters. The van der Waals surface area contributed by atoms with E-state index in [-0.39, 0.29) is 5.91 Å². The standard InChI is InChI=1S/C21H25NO/c1-3-16(2)19-11-4-5-12-20(19)17-9-8-10-18(15-17)21(23)22-13-6-7-14-22/h4-5,8-12,15-16H,3,6-7,13-14H2,1-2H3. The van der Waals surface area contributed by atoms with Crippen molar-refractivity contribution in [1.29, 1.82) is 0 Å². The first kappa shape index (κ1) is 15.8. The monoisotopic (exact) mass is 307 g/mol. The lowest BCUT2D eigenvalue weighted by atomic mass is 9.89. The predicted octanol–water partition coefficient (Wildman–Crippen LogP) is 5.10. The van der Waals surface area contributed by atoms with Gasteiger partial charge in [-0.1, -0.05) is 50.2 Å². The first-order valence-electron chi connectivity index (χ1n) is 8.69. The Kier molecular flexibility index (Phi) is 4.80. The van der Waals surface area contributed by atoms with Gasteiger partial charge in [0.25, 0.3) is 5.91 Å². The van der Waals surface area contributed by atoms with Crippen molar-refractivity contribution in [3.05, 3.63) is 59.7 Å². The molecule has 2 heteroatoms. The molecule has 2 nitrogen and oxygen atoms in total.